The van der Waals surface area contributed by atoms with Crippen molar-refractivity contribution in [2.45, 2.75) is 46.4 Å². The van der Waals surface area contributed by atoms with E-state index < -0.39 is 15.4 Å². The van der Waals surface area contributed by atoms with Gasteiger partial charge in [-0.3, -0.25) is 4.79 Å². The molecule has 1 rings (SSSR count). The summed E-state index contributed by atoms with van der Waals surface area (Å²) in [5.41, 5.74) is 1.85. The molecule has 1 N–H and O–H groups in total. The van der Waals surface area contributed by atoms with Gasteiger partial charge in [0, 0.05) is 5.41 Å². The molecule has 0 aliphatic carbocycles. The van der Waals surface area contributed by atoms with E-state index in [1.54, 1.807) is 34.6 Å². The van der Waals surface area contributed by atoms with Crippen LogP contribution in [0, 0.1) is 26.2 Å². The van der Waals surface area contributed by atoms with Gasteiger partial charge in [0.05, 0.1) is 11.4 Å². The standard InChI is InChI=1S/C15H23NO3S/c1-10-7-11(2)14(12(3)8-10)20(18,19)16-9-13(17)15(4,5)6/h7-8,16H,9H2,1-6H3. The van der Waals surface area contributed by atoms with E-state index in [-0.39, 0.29) is 17.2 Å². The van der Waals surface area contributed by atoms with Gasteiger partial charge in [0.2, 0.25) is 10.0 Å². The Morgan fingerprint density at radius 3 is 1.95 bits per heavy atom. The van der Waals surface area contributed by atoms with E-state index in [0.717, 1.165) is 5.56 Å². The van der Waals surface area contributed by atoms with Crippen LogP contribution in [0.4, 0.5) is 0 Å². The van der Waals surface area contributed by atoms with E-state index in [0.29, 0.717) is 11.1 Å². The number of carbonyl (C=O) groups excluding carboxylic acids is 1. The lowest BCUT2D eigenvalue weighted by Gasteiger charge is -2.18. The molecular formula is C15H23NO3S. The number of sulfonamides is 1. The van der Waals surface area contributed by atoms with Gasteiger partial charge in [-0.25, -0.2) is 13.1 Å². The van der Waals surface area contributed by atoms with Gasteiger partial charge in [-0.2, -0.15) is 0 Å². The van der Waals surface area contributed by atoms with Gasteiger partial charge < -0.3 is 0 Å². The number of carbonyl (C=O) groups is 1. The lowest BCUT2D eigenvalue weighted by atomic mass is 9.91. The molecule has 0 saturated carbocycles. The van der Waals surface area contributed by atoms with Crippen LogP contribution in [0.15, 0.2) is 17.0 Å². The summed E-state index contributed by atoms with van der Waals surface area (Å²) in [5, 5.41) is 0. The van der Waals surface area contributed by atoms with E-state index in [1.807, 2.05) is 19.1 Å². The molecule has 0 amide bonds. The number of hydrogen-bond donors (Lipinski definition) is 1. The summed E-state index contributed by atoms with van der Waals surface area (Å²) >= 11 is 0. The minimum atomic E-state index is -3.66. The largest absolute Gasteiger partial charge is 0.298 e. The van der Waals surface area contributed by atoms with Crippen LogP contribution >= 0.6 is 0 Å². The number of Topliss-reactive ketones (excluding diaryl/α,β-unsaturated/α-hetero) is 1. The van der Waals surface area contributed by atoms with Crippen LogP contribution in [-0.2, 0) is 14.8 Å². The molecule has 112 valence electrons. The highest BCUT2D eigenvalue weighted by Crippen LogP contribution is 2.22. The highest BCUT2D eigenvalue weighted by atomic mass is 32.2. The molecule has 4 nitrogen and oxygen atoms in total. The van der Waals surface area contributed by atoms with Crippen molar-refractivity contribution in [1.82, 2.24) is 4.72 Å². The SMILES string of the molecule is Cc1cc(C)c(S(=O)(=O)NCC(=O)C(C)(C)C)c(C)c1. The lowest BCUT2D eigenvalue weighted by Crippen LogP contribution is -2.36. The third-order valence-corrected chi connectivity index (χ3v) is 4.84. The molecule has 0 heterocycles. The molecule has 0 atom stereocenters. The van der Waals surface area contributed by atoms with Gasteiger partial charge in [0.25, 0.3) is 0 Å². The van der Waals surface area contributed by atoms with Crippen LogP contribution in [0.2, 0.25) is 0 Å². The molecule has 0 spiro atoms. The quantitative estimate of drug-likeness (QED) is 0.928. The molecule has 0 bridgehead atoms. The molecule has 1 aromatic rings. The van der Waals surface area contributed by atoms with Gasteiger partial charge in [-0.15, -0.1) is 0 Å². The average molecular weight is 297 g/mol. The minimum absolute atomic E-state index is 0.136. The Balaban J connectivity index is 3.05. The Morgan fingerprint density at radius 1 is 1.10 bits per heavy atom. The van der Waals surface area contributed by atoms with Gasteiger partial charge >= 0.3 is 0 Å². The molecule has 0 saturated heterocycles. The number of ketones is 1. The first-order chi connectivity index (χ1) is 8.95. The number of benzene rings is 1. The van der Waals surface area contributed by atoms with Crippen molar-refractivity contribution in [3.05, 3.63) is 28.8 Å². The molecule has 1 aromatic carbocycles. The Morgan fingerprint density at radius 2 is 1.55 bits per heavy atom. The topological polar surface area (TPSA) is 63.2 Å². The van der Waals surface area contributed by atoms with Crippen molar-refractivity contribution >= 4 is 15.8 Å². The fraction of sp³-hybridized carbons (Fsp3) is 0.533. The molecule has 0 aliphatic heterocycles. The molecule has 0 aromatic heterocycles. The van der Waals surface area contributed by atoms with Crippen LogP contribution in [0.5, 0.6) is 0 Å². The van der Waals surface area contributed by atoms with Crippen molar-refractivity contribution in [2.75, 3.05) is 6.54 Å². The highest BCUT2D eigenvalue weighted by Gasteiger charge is 2.25. The Labute approximate surface area is 121 Å². The van der Waals surface area contributed by atoms with Crippen molar-refractivity contribution in [1.29, 1.82) is 0 Å². The molecule has 5 heteroatoms. The van der Waals surface area contributed by atoms with Crippen LogP contribution in [0.25, 0.3) is 0 Å². The van der Waals surface area contributed by atoms with Crippen LogP contribution in [0.1, 0.15) is 37.5 Å². The van der Waals surface area contributed by atoms with Crippen molar-refractivity contribution in [3.63, 3.8) is 0 Å². The summed E-state index contributed by atoms with van der Waals surface area (Å²) in [6.07, 6.45) is 0. The van der Waals surface area contributed by atoms with Crippen molar-refractivity contribution < 1.29 is 13.2 Å². The maximum Gasteiger partial charge on any atom is 0.241 e. The highest BCUT2D eigenvalue weighted by molar-refractivity contribution is 7.89. The zero-order chi connectivity index (χ0) is 15.7. The van der Waals surface area contributed by atoms with Crippen LogP contribution in [0.3, 0.4) is 0 Å². The monoisotopic (exact) mass is 297 g/mol. The van der Waals surface area contributed by atoms with Gasteiger partial charge in [0.1, 0.15) is 0 Å². The number of nitrogens with one attached hydrogen (secondary N) is 1. The second-order valence-electron chi connectivity index (χ2n) is 6.23. The average Bonchev–Trinajstić information content (AvgIpc) is 2.22. The summed E-state index contributed by atoms with van der Waals surface area (Å²) in [7, 11) is -3.66. The second-order valence-corrected chi connectivity index (χ2v) is 7.93. The second kappa shape index (κ2) is 5.66. The molecule has 20 heavy (non-hydrogen) atoms. The van der Waals surface area contributed by atoms with E-state index in [4.69, 9.17) is 0 Å². The first kappa shape index (κ1) is 16.9. The third kappa shape index (κ3) is 3.90. The minimum Gasteiger partial charge on any atom is -0.298 e. The van der Waals surface area contributed by atoms with E-state index >= 15 is 0 Å². The van der Waals surface area contributed by atoms with Gasteiger partial charge in [0.15, 0.2) is 5.78 Å². The van der Waals surface area contributed by atoms with E-state index in [2.05, 4.69) is 4.72 Å². The molecular weight excluding hydrogens is 274 g/mol. The lowest BCUT2D eigenvalue weighted by molar-refractivity contribution is -0.125. The van der Waals surface area contributed by atoms with E-state index in [1.165, 1.54) is 0 Å². The van der Waals surface area contributed by atoms with Crippen LogP contribution in [-0.4, -0.2) is 20.7 Å². The Hall–Kier alpha value is -1.20. The predicted octanol–water partition coefficient (Wildman–Crippen LogP) is 2.51. The van der Waals surface area contributed by atoms with Crippen molar-refractivity contribution in [2.24, 2.45) is 5.41 Å². The summed E-state index contributed by atoms with van der Waals surface area (Å²) in [6, 6.07) is 3.65. The van der Waals surface area contributed by atoms with Gasteiger partial charge in [-0.05, 0) is 31.9 Å². The summed E-state index contributed by atoms with van der Waals surface area (Å²) in [5.74, 6) is -0.136. The molecule has 0 aliphatic rings. The Kier molecular flexibility index (Phi) is 4.77. The zero-order valence-corrected chi connectivity index (χ0v) is 13.8. The zero-order valence-electron chi connectivity index (χ0n) is 13.0. The smallest absolute Gasteiger partial charge is 0.241 e. The maximum absolute atomic E-state index is 12.4. The fourth-order valence-corrected chi connectivity index (χ4v) is 3.52. The summed E-state index contributed by atoms with van der Waals surface area (Å²) in [4.78, 5) is 12.1. The third-order valence-electron chi connectivity index (χ3n) is 3.13. The maximum atomic E-state index is 12.4. The number of aryl methyl sites for hydroxylation is 3. The summed E-state index contributed by atoms with van der Waals surface area (Å²) in [6.45, 7) is 10.6. The molecule has 0 fully saturated rings. The van der Waals surface area contributed by atoms with E-state index in [9.17, 15) is 13.2 Å². The summed E-state index contributed by atoms with van der Waals surface area (Å²) < 4.78 is 27.1. The van der Waals surface area contributed by atoms with Crippen LogP contribution < -0.4 is 4.72 Å². The number of hydrogen-bond acceptors (Lipinski definition) is 3. The first-order valence-electron chi connectivity index (χ1n) is 6.56. The molecule has 0 unspecified atom stereocenters. The first-order valence-corrected chi connectivity index (χ1v) is 8.04. The molecule has 0 radical (unpaired) electrons. The number of rotatable bonds is 4. The normalized spacial score (nSPS) is 12.5. The fourth-order valence-electron chi connectivity index (χ4n) is 2.09. The Bertz CT molecular complexity index is 602. The van der Waals surface area contributed by atoms with Gasteiger partial charge in [-0.1, -0.05) is 38.5 Å². The predicted molar refractivity (Wildman–Crippen MR) is 80.3 cm³/mol. The van der Waals surface area contributed by atoms with Crippen molar-refractivity contribution in [3.8, 4) is 0 Å².